The Morgan fingerprint density at radius 1 is 0.882 bits per heavy atom. The van der Waals surface area contributed by atoms with Crippen LogP contribution in [-0.2, 0) is 0 Å². The molecule has 0 aliphatic carbocycles. The maximum absolute atomic E-state index is 12.6. The Morgan fingerprint density at radius 3 is 1.82 bits per heavy atom. The molecule has 0 heterocycles. The molecule has 7 heteroatoms. The first-order chi connectivity index (χ1) is 7.56. The molecule has 0 N–H and O–H groups in total. The van der Waals surface area contributed by atoms with Crippen LogP contribution >= 0.6 is 0 Å². The van der Waals surface area contributed by atoms with Gasteiger partial charge >= 0.3 is 18.0 Å². The molecule has 0 spiro atoms. The van der Waals surface area contributed by atoms with Crippen LogP contribution in [0.2, 0.25) is 0 Å². The summed E-state index contributed by atoms with van der Waals surface area (Å²) in [6.07, 6.45) is -3.94. The number of hydrogen-bond acceptors (Lipinski definition) is 0. The third-order valence-electron chi connectivity index (χ3n) is 2.08. The summed E-state index contributed by atoms with van der Waals surface area (Å²) in [7, 11) is 0. The van der Waals surface area contributed by atoms with Gasteiger partial charge in [-0.3, -0.25) is 0 Å². The van der Waals surface area contributed by atoms with Crippen molar-refractivity contribution in [2.75, 3.05) is 0 Å². The number of rotatable bonds is 6. The van der Waals surface area contributed by atoms with Gasteiger partial charge < -0.3 is 0 Å². The minimum absolute atomic E-state index is 0.0529. The van der Waals surface area contributed by atoms with Gasteiger partial charge in [0.2, 0.25) is 0 Å². The van der Waals surface area contributed by atoms with Crippen molar-refractivity contribution in [1.29, 1.82) is 0 Å². The molecule has 0 aromatic rings. The number of alkyl halides is 7. The zero-order valence-electron chi connectivity index (χ0n) is 9.13. The number of hydrogen-bond donors (Lipinski definition) is 0. The van der Waals surface area contributed by atoms with E-state index >= 15 is 0 Å². The van der Waals surface area contributed by atoms with E-state index in [1.54, 1.807) is 0 Å². The Balaban J connectivity index is 4.56. The highest BCUT2D eigenvalue weighted by Gasteiger charge is 2.71. The average Bonchev–Trinajstić information content (AvgIpc) is 2.15. The molecular weight excluding hydrogens is 253 g/mol. The SMILES string of the molecule is CCCCC/C=C/C(F)(F)C(F)(F)C(F)(F)F. The smallest absolute Gasteiger partial charge is 0.195 e. The average molecular weight is 266 g/mol. The third-order valence-corrected chi connectivity index (χ3v) is 2.08. The first kappa shape index (κ1) is 16.2. The fraction of sp³-hybridized carbons (Fsp3) is 0.800. The molecule has 0 rings (SSSR count). The Labute approximate surface area is 94.5 Å². The molecule has 0 bridgehead atoms. The van der Waals surface area contributed by atoms with Crippen LogP contribution in [-0.4, -0.2) is 18.0 Å². The van der Waals surface area contributed by atoms with Crippen LogP contribution in [0.4, 0.5) is 30.7 Å². The van der Waals surface area contributed by atoms with Gasteiger partial charge in [-0.15, -0.1) is 0 Å². The zero-order valence-corrected chi connectivity index (χ0v) is 9.13. The third kappa shape index (κ3) is 4.20. The van der Waals surface area contributed by atoms with E-state index in [0.717, 1.165) is 6.42 Å². The Bertz CT molecular complexity index is 252. The van der Waals surface area contributed by atoms with E-state index < -0.39 is 18.0 Å². The second-order valence-corrected chi connectivity index (χ2v) is 3.59. The van der Waals surface area contributed by atoms with E-state index in [4.69, 9.17) is 0 Å². The summed E-state index contributed by atoms with van der Waals surface area (Å²) in [5.74, 6) is -11.3. The van der Waals surface area contributed by atoms with E-state index in [0.29, 0.717) is 18.9 Å². The standard InChI is InChI=1S/C10H13F7/c1-2-3-4-5-6-7-8(11,12)9(13,14)10(15,16)17/h6-7H,2-5H2,1H3/b7-6+. The quantitative estimate of drug-likeness (QED) is 0.362. The normalized spacial score (nSPS) is 14.6. The van der Waals surface area contributed by atoms with Crippen molar-refractivity contribution >= 4 is 0 Å². The monoisotopic (exact) mass is 266 g/mol. The predicted molar refractivity (Wildman–Crippen MR) is 49.2 cm³/mol. The van der Waals surface area contributed by atoms with Crippen molar-refractivity contribution in [1.82, 2.24) is 0 Å². The first-order valence-corrected chi connectivity index (χ1v) is 5.06. The van der Waals surface area contributed by atoms with Crippen LogP contribution < -0.4 is 0 Å². The summed E-state index contributed by atoms with van der Waals surface area (Å²) in [4.78, 5) is 0. The van der Waals surface area contributed by atoms with Crippen LogP contribution in [0.25, 0.3) is 0 Å². The van der Waals surface area contributed by atoms with Crippen LogP contribution in [0, 0.1) is 0 Å². The van der Waals surface area contributed by atoms with Gasteiger partial charge in [0, 0.05) is 0 Å². The molecule has 0 aliphatic rings. The van der Waals surface area contributed by atoms with Crippen molar-refractivity contribution in [2.24, 2.45) is 0 Å². The Hall–Kier alpha value is -0.750. The van der Waals surface area contributed by atoms with Crippen LogP contribution in [0.1, 0.15) is 32.6 Å². The molecule has 0 aromatic heterocycles. The van der Waals surface area contributed by atoms with Gasteiger partial charge in [-0.2, -0.15) is 30.7 Å². The highest BCUT2D eigenvalue weighted by Crippen LogP contribution is 2.47. The molecule has 0 aromatic carbocycles. The summed E-state index contributed by atoms with van der Waals surface area (Å²) in [6, 6.07) is 0. The topological polar surface area (TPSA) is 0 Å². The number of allylic oxidation sites excluding steroid dienone is 2. The molecule has 0 nitrogen and oxygen atoms in total. The zero-order chi connectivity index (χ0) is 13.7. The maximum atomic E-state index is 12.6. The molecule has 0 unspecified atom stereocenters. The van der Waals surface area contributed by atoms with Crippen molar-refractivity contribution in [3.8, 4) is 0 Å². The fourth-order valence-electron chi connectivity index (χ4n) is 1.04. The molecule has 0 saturated heterocycles. The van der Waals surface area contributed by atoms with Crippen LogP contribution in [0.15, 0.2) is 12.2 Å². The van der Waals surface area contributed by atoms with Crippen molar-refractivity contribution < 1.29 is 30.7 Å². The van der Waals surface area contributed by atoms with E-state index in [2.05, 4.69) is 0 Å². The van der Waals surface area contributed by atoms with Crippen molar-refractivity contribution in [3.05, 3.63) is 12.2 Å². The summed E-state index contributed by atoms with van der Waals surface area (Å²) in [5.41, 5.74) is 0. The number of unbranched alkanes of at least 4 members (excludes halogenated alkanes) is 3. The molecular formula is C10H13F7. The minimum Gasteiger partial charge on any atom is -0.195 e. The molecule has 0 fully saturated rings. The molecule has 17 heavy (non-hydrogen) atoms. The van der Waals surface area contributed by atoms with E-state index in [1.807, 2.05) is 6.92 Å². The molecule has 0 amide bonds. The predicted octanol–water partition coefficient (Wildman–Crippen LogP) is 4.96. The summed E-state index contributed by atoms with van der Waals surface area (Å²) >= 11 is 0. The Morgan fingerprint density at radius 2 is 1.41 bits per heavy atom. The Kier molecular flexibility index (Phi) is 5.48. The van der Waals surface area contributed by atoms with E-state index in [1.165, 1.54) is 0 Å². The van der Waals surface area contributed by atoms with Gasteiger partial charge in [0.15, 0.2) is 0 Å². The summed E-state index contributed by atoms with van der Waals surface area (Å²) < 4.78 is 85.1. The highest BCUT2D eigenvalue weighted by molar-refractivity contribution is 5.05. The molecule has 0 saturated carbocycles. The second kappa shape index (κ2) is 5.73. The second-order valence-electron chi connectivity index (χ2n) is 3.59. The summed E-state index contributed by atoms with van der Waals surface area (Å²) in [6.45, 7) is 1.84. The molecule has 0 radical (unpaired) electrons. The molecule has 102 valence electrons. The van der Waals surface area contributed by atoms with Gasteiger partial charge in [0.05, 0.1) is 0 Å². The van der Waals surface area contributed by atoms with E-state index in [9.17, 15) is 30.7 Å². The van der Waals surface area contributed by atoms with Gasteiger partial charge in [0.25, 0.3) is 0 Å². The summed E-state index contributed by atoms with van der Waals surface area (Å²) in [5, 5.41) is 0. The van der Waals surface area contributed by atoms with Gasteiger partial charge in [-0.25, -0.2) is 0 Å². The van der Waals surface area contributed by atoms with Crippen molar-refractivity contribution in [2.45, 2.75) is 50.6 Å². The van der Waals surface area contributed by atoms with Gasteiger partial charge in [-0.05, 0) is 18.9 Å². The molecule has 0 atom stereocenters. The first-order valence-electron chi connectivity index (χ1n) is 5.06. The lowest BCUT2D eigenvalue weighted by atomic mass is 10.1. The molecule has 0 aliphatic heterocycles. The lowest BCUT2D eigenvalue weighted by Crippen LogP contribution is -2.50. The lowest BCUT2D eigenvalue weighted by molar-refractivity contribution is -0.341. The highest BCUT2D eigenvalue weighted by atomic mass is 19.4. The van der Waals surface area contributed by atoms with Crippen molar-refractivity contribution in [3.63, 3.8) is 0 Å². The van der Waals surface area contributed by atoms with Gasteiger partial charge in [-0.1, -0.05) is 25.8 Å². The fourth-order valence-corrected chi connectivity index (χ4v) is 1.04. The lowest BCUT2D eigenvalue weighted by Gasteiger charge is -2.25. The van der Waals surface area contributed by atoms with Crippen LogP contribution in [0.3, 0.4) is 0 Å². The van der Waals surface area contributed by atoms with Gasteiger partial charge in [0.1, 0.15) is 0 Å². The van der Waals surface area contributed by atoms with Crippen LogP contribution in [0.5, 0.6) is 0 Å². The van der Waals surface area contributed by atoms with E-state index in [-0.39, 0.29) is 12.5 Å². The minimum atomic E-state index is -6.26. The largest absolute Gasteiger partial charge is 0.460 e. The maximum Gasteiger partial charge on any atom is 0.460 e. The number of halogens is 7.